The quantitative estimate of drug-likeness (QED) is 0.227. The molecule has 0 saturated carbocycles. The van der Waals surface area contributed by atoms with Crippen LogP contribution in [-0.2, 0) is 51.3 Å². The molecule has 0 heterocycles. The van der Waals surface area contributed by atoms with Gasteiger partial charge in [-0.05, 0) is 35.4 Å². The Hall–Kier alpha value is -2.22. The summed E-state index contributed by atoms with van der Waals surface area (Å²) in [4.78, 5) is 0. The molecule has 10 nitrogen and oxygen atoms in total. The van der Waals surface area contributed by atoms with E-state index < -0.39 is 20.2 Å². The van der Waals surface area contributed by atoms with Crippen LogP contribution in [0.3, 0.4) is 0 Å². The highest BCUT2D eigenvalue weighted by Crippen LogP contribution is 2.15. The van der Waals surface area contributed by atoms with Crippen molar-refractivity contribution in [1.29, 1.82) is 0 Å². The molecule has 0 aromatic heterocycles. The number of rotatable bonds is 17. The van der Waals surface area contributed by atoms with Crippen molar-refractivity contribution in [2.75, 3.05) is 52.2 Å². The first kappa shape index (κ1) is 28.0. The van der Waals surface area contributed by atoms with E-state index in [4.69, 9.17) is 27.3 Å². The van der Waals surface area contributed by atoms with Gasteiger partial charge in [0.05, 0.1) is 52.2 Å². The second-order valence-corrected chi connectivity index (χ2v) is 10.4. The van der Waals surface area contributed by atoms with E-state index in [-0.39, 0.29) is 13.2 Å². The second-order valence-electron chi connectivity index (χ2n) is 7.15. The third-order valence-electron chi connectivity index (χ3n) is 4.04. The monoisotopic (exact) mass is 518 g/mol. The molecule has 0 radical (unpaired) electrons. The molecule has 0 aliphatic heterocycles. The van der Waals surface area contributed by atoms with Gasteiger partial charge in [0.25, 0.3) is 20.2 Å². The Morgan fingerprint density at radius 2 is 0.971 bits per heavy atom. The van der Waals surface area contributed by atoms with Gasteiger partial charge in [-0.15, -0.1) is 0 Å². The lowest BCUT2D eigenvalue weighted by Gasteiger charge is -2.10. The van der Waals surface area contributed by atoms with E-state index in [1.807, 2.05) is 0 Å². The zero-order valence-electron chi connectivity index (χ0n) is 19.2. The maximum atomic E-state index is 11.1. The molecule has 0 N–H and O–H groups in total. The molecule has 0 aliphatic rings. The van der Waals surface area contributed by atoms with Gasteiger partial charge in [0.1, 0.15) is 24.7 Å². The van der Waals surface area contributed by atoms with Crippen LogP contribution in [0.2, 0.25) is 0 Å². The summed E-state index contributed by atoms with van der Waals surface area (Å²) in [5.74, 6) is 1.19. The van der Waals surface area contributed by atoms with E-state index in [0.29, 0.717) is 62.3 Å². The van der Waals surface area contributed by atoms with Crippen molar-refractivity contribution in [3.63, 3.8) is 0 Å². The van der Waals surface area contributed by atoms with Gasteiger partial charge < -0.3 is 18.9 Å². The van der Waals surface area contributed by atoms with Crippen LogP contribution in [0.4, 0.5) is 0 Å². The van der Waals surface area contributed by atoms with Crippen molar-refractivity contribution in [2.45, 2.75) is 13.2 Å². The van der Waals surface area contributed by atoms with Gasteiger partial charge in [0.2, 0.25) is 0 Å². The summed E-state index contributed by atoms with van der Waals surface area (Å²) in [6, 6.07) is 14.0. The van der Waals surface area contributed by atoms with Gasteiger partial charge in [-0.25, -0.2) is 0 Å². The Labute approximate surface area is 200 Å². The third-order valence-corrected chi connectivity index (χ3v) is 5.13. The molecule has 2 rings (SSSR count). The van der Waals surface area contributed by atoms with Crippen LogP contribution in [-0.4, -0.2) is 69.0 Å². The van der Waals surface area contributed by atoms with Crippen LogP contribution < -0.4 is 9.47 Å². The Morgan fingerprint density at radius 3 is 1.35 bits per heavy atom. The predicted molar refractivity (Wildman–Crippen MR) is 125 cm³/mol. The zero-order valence-corrected chi connectivity index (χ0v) is 20.8. The Kier molecular flexibility index (Phi) is 11.7. The Balaban J connectivity index is 1.51. The highest BCUT2D eigenvalue weighted by molar-refractivity contribution is 7.86. The van der Waals surface area contributed by atoms with Crippen LogP contribution in [0, 0.1) is 0 Å². The molecule has 0 saturated heterocycles. The molecular formula is C22H30O10S2. The van der Waals surface area contributed by atoms with Crippen molar-refractivity contribution in [3.05, 3.63) is 59.7 Å². The smallest absolute Gasteiger partial charge is 0.264 e. The van der Waals surface area contributed by atoms with Crippen LogP contribution in [0.25, 0.3) is 0 Å². The van der Waals surface area contributed by atoms with E-state index in [9.17, 15) is 16.8 Å². The SMILES string of the molecule is CS(=O)(=O)OCc1cccc(OCCOCCOCCOc2cccc(COS(C)(=O)=O)c2)c1. The fourth-order valence-electron chi connectivity index (χ4n) is 2.56. The highest BCUT2D eigenvalue weighted by atomic mass is 32.2. The number of benzene rings is 2. The lowest BCUT2D eigenvalue weighted by atomic mass is 10.2. The van der Waals surface area contributed by atoms with E-state index in [1.54, 1.807) is 48.5 Å². The van der Waals surface area contributed by atoms with Crippen LogP contribution >= 0.6 is 0 Å². The number of hydrogen-bond acceptors (Lipinski definition) is 10. The topological polar surface area (TPSA) is 124 Å². The van der Waals surface area contributed by atoms with Crippen molar-refractivity contribution in [2.24, 2.45) is 0 Å². The summed E-state index contributed by atoms with van der Waals surface area (Å²) in [5.41, 5.74) is 1.38. The van der Waals surface area contributed by atoms with E-state index in [2.05, 4.69) is 0 Å². The summed E-state index contributed by atoms with van der Waals surface area (Å²) in [6.07, 6.45) is 2.00. The Bertz CT molecular complexity index is 997. The fraction of sp³-hybridized carbons (Fsp3) is 0.455. The number of ether oxygens (including phenoxy) is 4. The first-order valence-electron chi connectivity index (χ1n) is 10.4. The summed E-state index contributed by atoms with van der Waals surface area (Å²) >= 11 is 0. The van der Waals surface area contributed by atoms with Crippen molar-refractivity contribution in [3.8, 4) is 11.5 Å². The maximum absolute atomic E-state index is 11.1. The third kappa shape index (κ3) is 13.5. The lowest BCUT2D eigenvalue weighted by molar-refractivity contribution is 0.0273. The molecule has 0 aliphatic carbocycles. The summed E-state index contributed by atoms with van der Waals surface area (Å²) < 4.78 is 75.9. The van der Waals surface area contributed by atoms with Crippen molar-refractivity contribution >= 4 is 20.2 Å². The molecule has 0 spiro atoms. The van der Waals surface area contributed by atoms with E-state index in [1.165, 1.54) is 0 Å². The standard InChI is InChI=1S/C22H30O10S2/c1-33(23,24)31-17-19-5-3-7-21(15-19)29-13-11-27-9-10-28-12-14-30-22-8-4-6-20(16-22)18-32-34(2,25)26/h3-8,15-16H,9-14,17-18H2,1-2H3. The van der Waals surface area contributed by atoms with Crippen LogP contribution in [0.15, 0.2) is 48.5 Å². The van der Waals surface area contributed by atoms with E-state index >= 15 is 0 Å². The summed E-state index contributed by atoms with van der Waals surface area (Å²) in [6.45, 7) is 2.09. The van der Waals surface area contributed by atoms with Crippen LogP contribution in [0.5, 0.6) is 11.5 Å². The lowest BCUT2D eigenvalue weighted by Crippen LogP contribution is -2.13. The van der Waals surface area contributed by atoms with Crippen LogP contribution in [0.1, 0.15) is 11.1 Å². The molecule has 34 heavy (non-hydrogen) atoms. The van der Waals surface area contributed by atoms with Gasteiger partial charge in [0, 0.05) is 0 Å². The largest absolute Gasteiger partial charge is 0.491 e. The molecule has 190 valence electrons. The van der Waals surface area contributed by atoms with Gasteiger partial charge in [-0.3, -0.25) is 8.37 Å². The van der Waals surface area contributed by atoms with Gasteiger partial charge in [-0.1, -0.05) is 24.3 Å². The molecule has 2 aromatic carbocycles. The summed E-state index contributed by atoms with van der Waals surface area (Å²) in [7, 11) is -6.99. The highest BCUT2D eigenvalue weighted by Gasteiger charge is 2.05. The zero-order chi connectivity index (χ0) is 24.9. The number of hydrogen-bond donors (Lipinski definition) is 0. The average molecular weight is 519 g/mol. The molecule has 0 unspecified atom stereocenters. The molecule has 0 fully saturated rings. The van der Waals surface area contributed by atoms with Gasteiger partial charge in [0.15, 0.2) is 0 Å². The fourth-order valence-corrected chi connectivity index (χ4v) is 3.26. The minimum Gasteiger partial charge on any atom is -0.491 e. The Morgan fingerprint density at radius 1 is 0.588 bits per heavy atom. The normalized spacial score (nSPS) is 11.9. The average Bonchev–Trinajstić information content (AvgIpc) is 2.77. The molecule has 12 heteroatoms. The minimum atomic E-state index is -3.50. The van der Waals surface area contributed by atoms with E-state index in [0.717, 1.165) is 12.5 Å². The molecular weight excluding hydrogens is 488 g/mol. The molecule has 2 aromatic rings. The van der Waals surface area contributed by atoms with Gasteiger partial charge in [-0.2, -0.15) is 16.8 Å². The molecule has 0 amide bonds. The molecule has 0 atom stereocenters. The molecule has 0 bridgehead atoms. The maximum Gasteiger partial charge on any atom is 0.264 e. The first-order valence-corrected chi connectivity index (χ1v) is 14.0. The second kappa shape index (κ2) is 14.2. The van der Waals surface area contributed by atoms with Crippen molar-refractivity contribution in [1.82, 2.24) is 0 Å². The van der Waals surface area contributed by atoms with Crippen molar-refractivity contribution < 1.29 is 44.1 Å². The van der Waals surface area contributed by atoms with Gasteiger partial charge >= 0.3 is 0 Å². The predicted octanol–water partition coefficient (Wildman–Crippen LogP) is 2.13. The summed E-state index contributed by atoms with van der Waals surface area (Å²) in [5, 5.41) is 0. The minimum absolute atomic E-state index is 0.0450. The first-order chi connectivity index (χ1) is 16.1.